The Kier molecular flexibility index (Phi) is 3.96. The van der Waals surface area contributed by atoms with Gasteiger partial charge in [0.15, 0.2) is 0 Å². The number of pyridine rings is 1. The third-order valence-corrected chi connectivity index (χ3v) is 3.00. The van der Waals surface area contributed by atoms with Crippen LogP contribution in [0.4, 0.5) is 5.69 Å². The highest BCUT2D eigenvalue weighted by atomic mass is 16.2. The number of aromatic nitrogens is 1. The highest BCUT2D eigenvalue weighted by molar-refractivity contribution is 5.93. The van der Waals surface area contributed by atoms with Crippen LogP contribution in [0.1, 0.15) is 36.7 Å². The van der Waals surface area contributed by atoms with Crippen molar-refractivity contribution < 1.29 is 4.79 Å². The van der Waals surface area contributed by atoms with Crippen molar-refractivity contribution in [3.8, 4) is 0 Å². The molecule has 0 atom stereocenters. The summed E-state index contributed by atoms with van der Waals surface area (Å²) in [5.41, 5.74) is 1.51. The summed E-state index contributed by atoms with van der Waals surface area (Å²) in [7, 11) is 0. The summed E-state index contributed by atoms with van der Waals surface area (Å²) in [5, 5.41) is 3.19. The second kappa shape index (κ2) is 5.66. The SMILES string of the molecule is CCNc1ccnc(C(=O)N2CCCCC2)c1. The molecule has 1 fully saturated rings. The molecule has 1 aromatic heterocycles. The summed E-state index contributed by atoms with van der Waals surface area (Å²) < 4.78 is 0. The first-order valence-electron chi connectivity index (χ1n) is 6.30. The number of nitrogens with zero attached hydrogens (tertiary/aromatic N) is 2. The zero-order valence-corrected chi connectivity index (χ0v) is 10.3. The van der Waals surface area contributed by atoms with Crippen molar-refractivity contribution in [1.82, 2.24) is 9.88 Å². The molecular weight excluding hydrogens is 214 g/mol. The van der Waals surface area contributed by atoms with Gasteiger partial charge in [0.05, 0.1) is 0 Å². The number of hydrogen-bond acceptors (Lipinski definition) is 3. The van der Waals surface area contributed by atoms with E-state index in [4.69, 9.17) is 0 Å². The smallest absolute Gasteiger partial charge is 0.272 e. The Labute approximate surface area is 102 Å². The number of anilines is 1. The summed E-state index contributed by atoms with van der Waals surface area (Å²) in [5.74, 6) is 0.0597. The van der Waals surface area contributed by atoms with Gasteiger partial charge in [-0.25, -0.2) is 0 Å². The number of carbonyl (C=O) groups is 1. The van der Waals surface area contributed by atoms with E-state index < -0.39 is 0 Å². The first-order valence-corrected chi connectivity index (χ1v) is 6.30. The average Bonchev–Trinajstić information content (AvgIpc) is 2.40. The van der Waals surface area contributed by atoms with Crippen LogP contribution >= 0.6 is 0 Å². The standard InChI is InChI=1S/C13H19N3O/c1-2-14-11-6-7-15-12(10-11)13(17)16-8-4-3-5-9-16/h6-7,10H,2-5,8-9H2,1H3,(H,14,15). The van der Waals surface area contributed by atoms with Crippen molar-refractivity contribution in [3.05, 3.63) is 24.0 Å². The van der Waals surface area contributed by atoms with E-state index in [-0.39, 0.29) is 5.91 Å². The molecule has 1 aliphatic heterocycles. The van der Waals surface area contributed by atoms with Crippen LogP contribution in [0.2, 0.25) is 0 Å². The van der Waals surface area contributed by atoms with Gasteiger partial charge in [0.1, 0.15) is 5.69 Å². The fourth-order valence-corrected chi connectivity index (χ4v) is 2.12. The van der Waals surface area contributed by atoms with Crippen LogP contribution < -0.4 is 5.32 Å². The molecule has 0 saturated carbocycles. The van der Waals surface area contributed by atoms with Crippen molar-refractivity contribution >= 4 is 11.6 Å². The van der Waals surface area contributed by atoms with Crippen molar-refractivity contribution in [1.29, 1.82) is 0 Å². The zero-order chi connectivity index (χ0) is 12.1. The Morgan fingerprint density at radius 3 is 2.88 bits per heavy atom. The van der Waals surface area contributed by atoms with Crippen LogP contribution in [0.25, 0.3) is 0 Å². The van der Waals surface area contributed by atoms with Crippen LogP contribution in [0.5, 0.6) is 0 Å². The third-order valence-electron chi connectivity index (χ3n) is 3.00. The van der Waals surface area contributed by atoms with Crippen molar-refractivity contribution in [3.63, 3.8) is 0 Å². The van der Waals surface area contributed by atoms with E-state index in [2.05, 4.69) is 10.3 Å². The van der Waals surface area contributed by atoms with Crippen LogP contribution in [0, 0.1) is 0 Å². The Morgan fingerprint density at radius 2 is 2.18 bits per heavy atom. The minimum Gasteiger partial charge on any atom is -0.385 e. The molecule has 1 amide bonds. The zero-order valence-electron chi connectivity index (χ0n) is 10.3. The normalized spacial score (nSPS) is 15.7. The number of piperidine rings is 1. The first-order chi connectivity index (χ1) is 8.31. The topological polar surface area (TPSA) is 45.2 Å². The second-order valence-corrected chi connectivity index (χ2v) is 4.31. The molecular formula is C13H19N3O. The van der Waals surface area contributed by atoms with E-state index in [1.807, 2.05) is 24.0 Å². The van der Waals surface area contributed by atoms with Gasteiger partial charge in [0.2, 0.25) is 0 Å². The van der Waals surface area contributed by atoms with Gasteiger partial charge in [-0.05, 0) is 38.3 Å². The van der Waals surface area contributed by atoms with E-state index in [0.717, 1.165) is 38.2 Å². The number of nitrogens with one attached hydrogen (secondary N) is 1. The van der Waals surface area contributed by atoms with E-state index in [9.17, 15) is 4.79 Å². The molecule has 0 spiro atoms. The molecule has 92 valence electrons. The van der Waals surface area contributed by atoms with Gasteiger partial charge in [0.25, 0.3) is 5.91 Å². The first kappa shape index (κ1) is 11.9. The Hall–Kier alpha value is -1.58. The van der Waals surface area contributed by atoms with Crippen LogP contribution in [0.15, 0.2) is 18.3 Å². The number of hydrogen-bond donors (Lipinski definition) is 1. The van der Waals surface area contributed by atoms with E-state index in [0.29, 0.717) is 5.69 Å². The number of carbonyl (C=O) groups excluding carboxylic acids is 1. The molecule has 1 N–H and O–H groups in total. The predicted molar refractivity (Wildman–Crippen MR) is 68.2 cm³/mol. The summed E-state index contributed by atoms with van der Waals surface area (Å²) >= 11 is 0. The summed E-state index contributed by atoms with van der Waals surface area (Å²) in [6, 6.07) is 3.72. The molecule has 1 aromatic rings. The molecule has 0 aliphatic carbocycles. The van der Waals surface area contributed by atoms with Crippen LogP contribution in [-0.4, -0.2) is 35.4 Å². The van der Waals surface area contributed by atoms with Crippen LogP contribution in [0.3, 0.4) is 0 Å². The van der Waals surface area contributed by atoms with Crippen LogP contribution in [-0.2, 0) is 0 Å². The maximum atomic E-state index is 12.2. The fraction of sp³-hybridized carbons (Fsp3) is 0.538. The molecule has 4 nitrogen and oxygen atoms in total. The van der Waals surface area contributed by atoms with Gasteiger partial charge in [0, 0.05) is 31.5 Å². The summed E-state index contributed by atoms with van der Waals surface area (Å²) in [6.07, 6.45) is 5.14. The van der Waals surface area contributed by atoms with Gasteiger partial charge in [-0.1, -0.05) is 0 Å². The molecule has 0 unspecified atom stereocenters. The Morgan fingerprint density at radius 1 is 1.41 bits per heavy atom. The quantitative estimate of drug-likeness (QED) is 0.870. The predicted octanol–water partition coefficient (Wildman–Crippen LogP) is 2.14. The third kappa shape index (κ3) is 2.96. The monoisotopic (exact) mass is 233 g/mol. The largest absolute Gasteiger partial charge is 0.385 e. The number of rotatable bonds is 3. The second-order valence-electron chi connectivity index (χ2n) is 4.31. The van der Waals surface area contributed by atoms with Gasteiger partial charge >= 0.3 is 0 Å². The number of amides is 1. The van der Waals surface area contributed by atoms with E-state index in [1.54, 1.807) is 6.20 Å². The molecule has 2 rings (SSSR count). The molecule has 0 radical (unpaired) electrons. The summed E-state index contributed by atoms with van der Waals surface area (Å²) in [4.78, 5) is 18.3. The van der Waals surface area contributed by atoms with Crippen molar-refractivity contribution in [2.75, 3.05) is 25.0 Å². The molecule has 4 heteroatoms. The minimum atomic E-state index is 0.0597. The molecule has 0 bridgehead atoms. The maximum absolute atomic E-state index is 12.2. The lowest BCUT2D eigenvalue weighted by Gasteiger charge is -2.26. The Bertz CT molecular complexity index is 386. The van der Waals surface area contributed by atoms with Crippen molar-refractivity contribution in [2.45, 2.75) is 26.2 Å². The molecule has 0 aromatic carbocycles. The van der Waals surface area contributed by atoms with Gasteiger partial charge in [-0.3, -0.25) is 9.78 Å². The number of likely N-dealkylation sites (tertiary alicyclic amines) is 1. The lowest BCUT2D eigenvalue weighted by Crippen LogP contribution is -2.36. The van der Waals surface area contributed by atoms with E-state index >= 15 is 0 Å². The average molecular weight is 233 g/mol. The van der Waals surface area contributed by atoms with Gasteiger partial charge in [-0.15, -0.1) is 0 Å². The van der Waals surface area contributed by atoms with E-state index in [1.165, 1.54) is 6.42 Å². The Balaban J connectivity index is 2.09. The summed E-state index contributed by atoms with van der Waals surface area (Å²) in [6.45, 7) is 4.62. The maximum Gasteiger partial charge on any atom is 0.272 e. The highest BCUT2D eigenvalue weighted by Crippen LogP contribution is 2.14. The van der Waals surface area contributed by atoms with Gasteiger partial charge in [-0.2, -0.15) is 0 Å². The van der Waals surface area contributed by atoms with Gasteiger partial charge < -0.3 is 10.2 Å². The lowest BCUT2D eigenvalue weighted by molar-refractivity contribution is 0.0718. The molecule has 2 heterocycles. The minimum absolute atomic E-state index is 0.0597. The molecule has 1 aliphatic rings. The highest BCUT2D eigenvalue weighted by Gasteiger charge is 2.19. The fourth-order valence-electron chi connectivity index (χ4n) is 2.12. The lowest BCUT2D eigenvalue weighted by atomic mass is 10.1. The van der Waals surface area contributed by atoms with Crippen molar-refractivity contribution in [2.24, 2.45) is 0 Å². The molecule has 1 saturated heterocycles. The molecule has 17 heavy (non-hydrogen) atoms.